The zero-order valence-corrected chi connectivity index (χ0v) is 27.7. The molecule has 4 rings (SSSR count). The molecule has 1 aliphatic carbocycles. The minimum absolute atomic E-state index is 0.0540. The molecule has 3 aromatic rings. The predicted molar refractivity (Wildman–Crippen MR) is 180 cm³/mol. The molecular formula is C35H44ClN3O5S. The van der Waals surface area contributed by atoms with E-state index in [1.54, 1.807) is 41.3 Å². The third-order valence-corrected chi connectivity index (χ3v) is 9.51. The fourth-order valence-electron chi connectivity index (χ4n) is 5.81. The van der Waals surface area contributed by atoms with Crippen LogP contribution >= 0.6 is 11.6 Å². The first-order chi connectivity index (χ1) is 21.7. The van der Waals surface area contributed by atoms with Crippen LogP contribution in [0.15, 0.2) is 78.9 Å². The number of carbonyl (C=O) groups excluding carboxylic acids is 2. The molecule has 0 bridgehead atoms. The number of halogens is 1. The normalized spacial score (nSPS) is 14.4. The maximum Gasteiger partial charge on any atom is 0.243 e. The molecule has 0 heterocycles. The van der Waals surface area contributed by atoms with Crippen molar-refractivity contribution in [2.45, 2.75) is 76.9 Å². The molecule has 1 saturated carbocycles. The van der Waals surface area contributed by atoms with Crippen LogP contribution in [0.1, 0.15) is 63.0 Å². The Labute approximate surface area is 272 Å². The van der Waals surface area contributed by atoms with Crippen LogP contribution in [0, 0.1) is 0 Å². The highest BCUT2D eigenvalue weighted by atomic mass is 35.5. The molecule has 45 heavy (non-hydrogen) atoms. The van der Waals surface area contributed by atoms with E-state index >= 15 is 0 Å². The first-order valence-corrected chi connectivity index (χ1v) is 18.0. The molecule has 0 spiro atoms. The monoisotopic (exact) mass is 653 g/mol. The van der Waals surface area contributed by atoms with E-state index in [2.05, 4.69) is 5.32 Å². The standard InChI is InChI=1S/C35H44ClN3O5S/c1-3-44-33-18-11-10-17-31(33)39(45(2,42)43)24-12-19-34(40)38(26-28-20-22-29(36)23-21-28)32(25-27-13-6-4-7-14-27)35(41)37-30-15-8-5-9-16-30/h4,6-7,10-11,13-14,17-18,20-23,30,32H,3,5,8-9,12,15-16,19,24-26H2,1-2H3,(H,37,41). The fraction of sp³-hybridized carbons (Fsp3) is 0.429. The van der Waals surface area contributed by atoms with E-state index in [1.807, 2.05) is 49.4 Å². The van der Waals surface area contributed by atoms with Crippen LogP contribution < -0.4 is 14.4 Å². The lowest BCUT2D eigenvalue weighted by atomic mass is 9.94. The molecule has 1 atom stereocenters. The maximum absolute atomic E-state index is 14.1. The van der Waals surface area contributed by atoms with Crippen molar-refractivity contribution in [3.63, 3.8) is 0 Å². The molecule has 242 valence electrons. The van der Waals surface area contributed by atoms with Gasteiger partial charge >= 0.3 is 0 Å². The number of rotatable bonds is 15. The maximum atomic E-state index is 14.1. The number of nitrogens with zero attached hydrogens (tertiary/aromatic N) is 2. The summed E-state index contributed by atoms with van der Waals surface area (Å²) in [6.07, 6.45) is 6.99. The Balaban J connectivity index is 1.59. The van der Waals surface area contributed by atoms with Gasteiger partial charge in [0.15, 0.2) is 0 Å². The Morgan fingerprint density at radius 1 is 0.933 bits per heavy atom. The smallest absolute Gasteiger partial charge is 0.243 e. The fourth-order valence-corrected chi connectivity index (χ4v) is 6.90. The van der Waals surface area contributed by atoms with Gasteiger partial charge in [-0.25, -0.2) is 8.42 Å². The lowest BCUT2D eigenvalue weighted by Crippen LogP contribution is -2.52. The average molecular weight is 654 g/mol. The largest absolute Gasteiger partial charge is 0.492 e. The van der Waals surface area contributed by atoms with Crippen molar-refractivity contribution < 1.29 is 22.7 Å². The van der Waals surface area contributed by atoms with Crippen molar-refractivity contribution in [2.75, 3.05) is 23.7 Å². The van der Waals surface area contributed by atoms with Crippen LogP contribution in [-0.4, -0.2) is 56.6 Å². The van der Waals surface area contributed by atoms with Crippen molar-refractivity contribution in [1.82, 2.24) is 10.2 Å². The van der Waals surface area contributed by atoms with E-state index in [4.69, 9.17) is 16.3 Å². The molecule has 0 aliphatic heterocycles. The average Bonchev–Trinajstić information content (AvgIpc) is 3.03. The molecule has 10 heteroatoms. The van der Waals surface area contributed by atoms with Gasteiger partial charge in [0.1, 0.15) is 11.8 Å². The van der Waals surface area contributed by atoms with Gasteiger partial charge in [0.05, 0.1) is 18.6 Å². The van der Waals surface area contributed by atoms with Gasteiger partial charge in [0, 0.05) is 37.0 Å². The third-order valence-electron chi connectivity index (χ3n) is 8.07. The van der Waals surface area contributed by atoms with Crippen molar-refractivity contribution in [1.29, 1.82) is 0 Å². The summed E-state index contributed by atoms with van der Waals surface area (Å²) in [6, 6.07) is 23.3. The number of carbonyl (C=O) groups is 2. The second-order valence-corrected chi connectivity index (χ2v) is 13.9. The summed E-state index contributed by atoms with van der Waals surface area (Å²) in [6.45, 7) is 2.53. The van der Waals surface area contributed by atoms with Gasteiger partial charge in [-0.3, -0.25) is 13.9 Å². The van der Waals surface area contributed by atoms with E-state index in [9.17, 15) is 18.0 Å². The number of amides is 2. The summed E-state index contributed by atoms with van der Waals surface area (Å²) in [5, 5.41) is 3.83. The molecular weight excluding hydrogens is 610 g/mol. The van der Waals surface area contributed by atoms with Crippen LogP contribution in [-0.2, 0) is 32.6 Å². The predicted octanol–water partition coefficient (Wildman–Crippen LogP) is 6.37. The minimum atomic E-state index is -3.66. The molecule has 3 aromatic carbocycles. The van der Waals surface area contributed by atoms with E-state index in [0.717, 1.165) is 43.1 Å². The summed E-state index contributed by atoms with van der Waals surface area (Å²) < 4.78 is 32.7. The van der Waals surface area contributed by atoms with Crippen LogP contribution in [0.4, 0.5) is 5.69 Å². The molecule has 1 unspecified atom stereocenters. The van der Waals surface area contributed by atoms with Crippen LogP contribution in [0.3, 0.4) is 0 Å². The Hall–Kier alpha value is -3.56. The second-order valence-electron chi connectivity index (χ2n) is 11.5. The number of para-hydroxylation sites is 2. The summed E-state index contributed by atoms with van der Waals surface area (Å²) >= 11 is 6.15. The minimum Gasteiger partial charge on any atom is -0.492 e. The van der Waals surface area contributed by atoms with Crippen LogP contribution in [0.25, 0.3) is 0 Å². The number of hydrogen-bond acceptors (Lipinski definition) is 5. The van der Waals surface area contributed by atoms with Gasteiger partial charge in [-0.05, 0) is 61.6 Å². The van der Waals surface area contributed by atoms with Crippen molar-refractivity contribution in [3.05, 3.63) is 95.0 Å². The third kappa shape index (κ3) is 10.2. The first kappa shape index (κ1) is 34.3. The topological polar surface area (TPSA) is 96.0 Å². The van der Waals surface area contributed by atoms with Crippen molar-refractivity contribution >= 4 is 39.1 Å². The highest BCUT2D eigenvalue weighted by molar-refractivity contribution is 7.92. The number of nitrogens with one attached hydrogen (secondary N) is 1. The highest BCUT2D eigenvalue weighted by Gasteiger charge is 2.32. The molecule has 1 N–H and O–H groups in total. The van der Waals surface area contributed by atoms with E-state index in [-0.39, 0.29) is 43.8 Å². The van der Waals surface area contributed by atoms with Gasteiger partial charge in [-0.2, -0.15) is 0 Å². The van der Waals surface area contributed by atoms with E-state index in [0.29, 0.717) is 29.5 Å². The summed E-state index contributed by atoms with van der Waals surface area (Å²) in [4.78, 5) is 29.7. The molecule has 8 nitrogen and oxygen atoms in total. The molecule has 0 radical (unpaired) electrons. The Bertz CT molecular complexity index is 1500. The first-order valence-electron chi connectivity index (χ1n) is 15.7. The van der Waals surface area contributed by atoms with Gasteiger partial charge in [0.2, 0.25) is 21.8 Å². The second kappa shape index (κ2) is 16.7. The Kier molecular flexibility index (Phi) is 12.7. The van der Waals surface area contributed by atoms with Gasteiger partial charge in [-0.1, -0.05) is 85.5 Å². The molecule has 1 aliphatic rings. The van der Waals surface area contributed by atoms with Crippen LogP contribution in [0.2, 0.25) is 5.02 Å². The zero-order valence-electron chi connectivity index (χ0n) is 26.2. The molecule has 1 fully saturated rings. The van der Waals surface area contributed by atoms with Gasteiger partial charge in [0.25, 0.3) is 0 Å². The molecule has 0 saturated heterocycles. The van der Waals surface area contributed by atoms with E-state index in [1.165, 1.54) is 10.7 Å². The molecule has 0 aromatic heterocycles. The number of hydrogen-bond donors (Lipinski definition) is 1. The van der Waals surface area contributed by atoms with Gasteiger partial charge < -0.3 is 15.0 Å². The number of sulfonamides is 1. The summed E-state index contributed by atoms with van der Waals surface area (Å²) in [5.74, 6) is 0.0658. The van der Waals surface area contributed by atoms with Crippen LogP contribution in [0.5, 0.6) is 5.75 Å². The number of ether oxygens (including phenoxy) is 1. The van der Waals surface area contributed by atoms with Crippen molar-refractivity contribution in [2.24, 2.45) is 0 Å². The lowest BCUT2D eigenvalue weighted by molar-refractivity contribution is -0.141. The van der Waals surface area contributed by atoms with Gasteiger partial charge in [-0.15, -0.1) is 0 Å². The highest BCUT2D eigenvalue weighted by Crippen LogP contribution is 2.30. The number of benzene rings is 3. The number of anilines is 1. The molecule has 2 amide bonds. The Morgan fingerprint density at radius 3 is 2.27 bits per heavy atom. The lowest BCUT2D eigenvalue weighted by Gasteiger charge is -2.34. The zero-order chi connectivity index (χ0) is 32.2. The quantitative estimate of drug-likeness (QED) is 0.206. The van der Waals surface area contributed by atoms with E-state index < -0.39 is 16.1 Å². The Morgan fingerprint density at radius 2 is 1.60 bits per heavy atom. The summed E-state index contributed by atoms with van der Waals surface area (Å²) in [5.41, 5.74) is 2.23. The SMILES string of the molecule is CCOc1ccccc1N(CCCC(=O)N(Cc1ccc(Cl)cc1)C(Cc1ccccc1)C(=O)NC1CCCCC1)S(C)(=O)=O. The van der Waals surface area contributed by atoms with Crippen molar-refractivity contribution in [3.8, 4) is 5.75 Å². The summed E-state index contributed by atoms with van der Waals surface area (Å²) in [7, 11) is -3.66.